The number of aromatic nitrogens is 2. The van der Waals surface area contributed by atoms with Crippen molar-refractivity contribution in [2.45, 2.75) is 6.54 Å². The number of amides is 1. The van der Waals surface area contributed by atoms with Crippen molar-refractivity contribution in [3.05, 3.63) is 59.7 Å². The molecule has 0 unspecified atom stereocenters. The summed E-state index contributed by atoms with van der Waals surface area (Å²) in [5, 5.41) is 11.4. The molecule has 2 aromatic heterocycles. The first-order valence-electron chi connectivity index (χ1n) is 5.54. The van der Waals surface area contributed by atoms with Gasteiger partial charge in [-0.05, 0) is 24.3 Å². The molecular weight excluding hydrogens is 246 g/mol. The minimum absolute atomic E-state index is 0.0960. The monoisotopic (exact) mass is 257 g/mol. The van der Waals surface area contributed by atoms with Gasteiger partial charge < -0.3 is 10.4 Å². The van der Waals surface area contributed by atoms with Crippen LogP contribution in [-0.2, 0) is 6.54 Å². The van der Waals surface area contributed by atoms with E-state index < -0.39 is 5.97 Å². The molecule has 2 N–H and O–H groups in total. The number of hydrogen-bond acceptors (Lipinski definition) is 4. The lowest BCUT2D eigenvalue weighted by atomic mass is 10.2. The summed E-state index contributed by atoms with van der Waals surface area (Å²) in [5.41, 5.74) is 0.952. The van der Waals surface area contributed by atoms with E-state index in [0.717, 1.165) is 5.69 Å². The van der Waals surface area contributed by atoms with Crippen molar-refractivity contribution in [2.24, 2.45) is 0 Å². The van der Waals surface area contributed by atoms with Crippen LogP contribution in [0.25, 0.3) is 0 Å². The highest BCUT2D eigenvalue weighted by Gasteiger charge is 2.08. The van der Waals surface area contributed by atoms with Gasteiger partial charge in [0.15, 0.2) is 0 Å². The average Bonchev–Trinajstić information content (AvgIpc) is 2.46. The van der Waals surface area contributed by atoms with Gasteiger partial charge in [0.05, 0.1) is 17.8 Å². The molecule has 6 heteroatoms. The van der Waals surface area contributed by atoms with Gasteiger partial charge in [0.2, 0.25) is 0 Å². The van der Waals surface area contributed by atoms with Crippen LogP contribution in [0, 0.1) is 0 Å². The van der Waals surface area contributed by atoms with Crippen molar-refractivity contribution in [3.8, 4) is 0 Å². The second-order valence-electron chi connectivity index (χ2n) is 3.74. The van der Waals surface area contributed by atoms with E-state index in [9.17, 15) is 9.59 Å². The smallest absolute Gasteiger partial charge is 0.354 e. The lowest BCUT2D eigenvalue weighted by Crippen LogP contribution is -2.23. The standard InChI is InChI=1S/C13H11N3O3/c17-12(16-8-10-3-1-2-6-14-10)9-4-5-11(13(18)19)15-7-9/h1-7H,8H2,(H,16,17)(H,18,19). The summed E-state index contributed by atoms with van der Waals surface area (Å²) in [6.45, 7) is 0.306. The fourth-order valence-corrected chi connectivity index (χ4v) is 1.43. The predicted molar refractivity (Wildman–Crippen MR) is 66.6 cm³/mol. The molecule has 0 radical (unpaired) electrons. The van der Waals surface area contributed by atoms with E-state index in [1.807, 2.05) is 6.07 Å². The molecule has 0 saturated carbocycles. The summed E-state index contributed by atoms with van der Waals surface area (Å²) < 4.78 is 0. The third-order valence-corrected chi connectivity index (χ3v) is 2.40. The Morgan fingerprint density at radius 3 is 2.58 bits per heavy atom. The Balaban J connectivity index is 1.98. The molecule has 19 heavy (non-hydrogen) atoms. The molecule has 0 spiro atoms. The number of carboxylic acid groups (broad SMARTS) is 1. The maximum atomic E-state index is 11.8. The number of nitrogens with one attached hydrogen (secondary N) is 1. The Morgan fingerprint density at radius 2 is 2.00 bits per heavy atom. The molecular formula is C13H11N3O3. The molecule has 2 heterocycles. The van der Waals surface area contributed by atoms with Gasteiger partial charge in [-0.2, -0.15) is 0 Å². The van der Waals surface area contributed by atoms with Crippen LogP contribution in [-0.4, -0.2) is 27.0 Å². The molecule has 2 aromatic rings. The summed E-state index contributed by atoms with van der Waals surface area (Å²) in [5.74, 6) is -1.45. The third kappa shape index (κ3) is 3.35. The summed E-state index contributed by atoms with van der Waals surface area (Å²) in [7, 11) is 0. The second kappa shape index (κ2) is 5.72. The number of carboxylic acids is 1. The van der Waals surface area contributed by atoms with E-state index in [1.165, 1.54) is 18.3 Å². The molecule has 6 nitrogen and oxygen atoms in total. The lowest BCUT2D eigenvalue weighted by molar-refractivity contribution is 0.0689. The van der Waals surface area contributed by atoms with Crippen molar-refractivity contribution in [1.82, 2.24) is 15.3 Å². The molecule has 96 valence electrons. The summed E-state index contributed by atoms with van der Waals surface area (Å²) in [6.07, 6.45) is 2.88. The van der Waals surface area contributed by atoms with Gasteiger partial charge >= 0.3 is 5.97 Å². The molecule has 0 saturated heterocycles. The maximum Gasteiger partial charge on any atom is 0.354 e. The molecule has 0 bridgehead atoms. The molecule has 2 rings (SSSR count). The van der Waals surface area contributed by atoms with Crippen molar-refractivity contribution in [1.29, 1.82) is 0 Å². The molecule has 0 aromatic carbocycles. The van der Waals surface area contributed by atoms with Gasteiger partial charge in [0, 0.05) is 12.4 Å². The Labute approximate surface area is 109 Å². The van der Waals surface area contributed by atoms with Gasteiger partial charge in [-0.3, -0.25) is 9.78 Å². The number of nitrogens with zero attached hydrogens (tertiary/aromatic N) is 2. The number of pyridine rings is 2. The van der Waals surface area contributed by atoms with E-state index in [-0.39, 0.29) is 11.6 Å². The first-order valence-corrected chi connectivity index (χ1v) is 5.54. The number of rotatable bonds is 4. The van der Waals surface area contributed by atoms with Gasteiger partial charge in [0.1, 0.15) is 5.69 Å². The molecule has 0 atom stereocenters. The maximum absolute atomic E-state index is 11.8. The van der Waals surface area contributed by atoms with Crippen LogP contribution in [0.4, 0.5) is 0 Å². The quantitative estimate of drug-likeness (QED) is 0.855. The fourth-order valence-electron chi connectivity index (χ4n) is 1.43. The highest BCUT2D eigenvalue weighted by atomic mass is 16.4. The number of hydrogen-bond donors (Lipinski definition) is 2. The number of carbonyl (C=O) groups is 2. The normalized spacial score (nSPS) is 9.89. The van der Waals surface area contributed by atoms with Crippen molar-refractivity contribution < 1.29 is 14.7 Å². The van der Waals surface area contributed by atoms with Gasteiger partial charge in [-0.15, -0.1) is 0 Å². The van der Waals surface area contributed by atoms with Crippen LogP contribution in [0.15, 0.2) is 42.7 Å². The molecule has 0 aliphatic heterocycles. The first-order chi connectivity index (χ1) is 9.16. The second-order valence-corrected chi connectivity index (χ2v) is 3.74. The van der Waals surface area contributed by atoms with E-state index in [2.05, 4.69) is 15.3 Å². The van der Waals surface area contributed by atoms with Crippen LogP contribution in [0.2, 0.25) is 0 Å². The Morgan fingerprint density at radius 1 is 1.16 bits per heavy atom. The molecule has 0 aliphatic carbocycles. The van der Waals surface area contributed by atoms with Crippen LogP contribution in [0.5, 0.6) is 0 Å². The summed E-state index contributed by atoms with van der Waals surface area (Å²) in [6, 6.07) is 8.13. The van der Waals surface area contributed by atoms with E-state index >= 15 is 0 Å². The highest BCUT2D eigenvalue weighted by Crippen LogP contribution is 2.01. The van der Waals surface area contributed by atoms with Crippen molar-refractivity contribution in [2.75, 3.05) is 0 Å². The zero-order valence-electron chi connectivity index (χ0n) is 9.91. The molecule has 0 fully saturated rings. The summed E-state index contributed by atoms with van der Waals surface area (Å²) in [4.78, 5) is 30.1. The fraction of sp³-hybridized carbons (Fsp3) is 0.0769. The highest BCUT2D eigenvalue weighted by molar-refractivity contribution is 5.94. The van der Waals surface area contributed by atoms with E-state index in [1.54, 1.807) is 18.3 Å². The minimum Gasteiger partial charge on any atom is -0.477 e. The largest absolute Gasteiger partial charge is 0.477 e. The van der Waals surface area contributed by atoms with E-state index in [0.29, 0.717) is 12.1 Å². The van der Waals surface area contributed by atoms with Crippen molar-refractivity contribution in [3.63, 3.8) is 0 Å². The molecule has 1 amide bonds. The Bertz CT molecular complexity index is 582. The molecule has 0 aliphatic rings. The minimum atomic E-state index is -1.12. The Kier molecular flexibility index (Phi) is 3.82. The lowest BCUT2D eigenvalue weighted by Gasteiger charge is -2.04. The zero-order valence-corrected chi connectivity index (χ0v) is 9.91. The van der Waals surface area contributed by atoms with Gasteiger partial charge in [-0.1, -0.05) is 6.07 Å². The summed E-state index contributed by atoms with van der Waals surface area (Å²) >= 11 is 0. The van der Waals surface area contributed by atoms with Crippen molar-refractivity contribution >= 4 is 11.9 Å². The SMILES string of the molecule is O=C(NCc1ccccn1)c1ccc(C(=O)O)nc1. The van der Waals surface area contributed by atoms with Crippen LogP contribution in [0.3, 0.4) is 0 Å². The van der Waals surface area contributed by atoms with Gasteiger partial charge in [0.25, 0.3) is 5.91 Å². The Hall–Kier alpha value is -2.76. The average molecular weight is 257 g/mol. The number of carbonyl (C=O) groups excluding carboxylic acids is 1. The zero-order chi connectivity index (χ0) is 13.7. The van der Waals surface area contributed by atoms with Crippen LogP contribution < -0.4 is 5.32 Å². The van der Waals surface area contributed by atoms with Crippen LogP contribution in [0.1, 0.15) is 26.5 Å². The van der Waals surface area contributed by atoms with Crippen LogP contribution >= 0.6 is 0 Å². The van der Waals surface area contributed by atoms with Gasteiger partial charge in [-0.25, -0.2) is 9.78 Å². The third-order valence-electron chi connectivity index (χ3n) is 2.40. The topological polar surface area (TPSA) is 92.2 Å². The number of aromatic carboxylic acids is 1. The van der Waals surface area contributed by atoms with E-state index in [4.69, 9.17) is 5.11 Å². The first kappa shape index (κ1) is 12.7. The predicted octanol–water partition coefficient (Wildman–Crippen LogP) is 1.10.